The van der Waals surface area contributed by atoms with Gasteiger partial charge in [-0.15, -0.1) is 24.0 Å². The van der Waals surface area contributed by atoms with Gasteiger partial charge in [0.25, 0.3) is 0 Å². The number of hydrogen-bond donors (Lipinski definition) is 2. The van der Waals surface area contributed by atoms with Gasteiger partial charge in [-0.25, -0.2) is 4.98 Å². The lowest BCUT2D eigenvalue weighted by atomic mass is 9.97. The fourth-order valence-corrected chi connectivity index (χ4v) is 3.65. The largest absolute Gasteiger partial charge is 0.444 e. The number of halogens is 4. The van der Waals surface area contributed by atoms with Gasteiger partial charge in [0.2, 0.25) is 5.89 Å². The van der Waals surface area contributed by atoms with Crippen LogP contribution in [0.3, 0.4) is 0 Å². The predicted octanol–water partition coefficient (Wildman–Crippen LogP) is 4.51. The first kappa shape index (κ1) is 26.4. The maximum absolute atomic E-state index is 12.9. The molecule has 1 aliphatic heterocycles. The topological polar surface area (TPSA) is 65.7 Å². The number of nitrogens with one attached hydrogen (secondary N) is 2. The molecule has 6 nitrogen and oxygen atoms in total. The van der Waals surface area contributed by atoms with E-state index in [0.29, 0.717) is 17.4 Å². The highest BCUT2D eigenvalue weighted by Crippen LogP contribution is 2.29. The number of likely N-dealkylation sites (tertiary alicyclic amines) is 1. The summed E-state index contributed by atoms with van der Waals surface area (Å²) in [7, 11) is 1.66. The number of hydrogen-bond acceptors (Lipinski definition) is 4. The minimum Gasteiger partial charge on any atom is -0.444 e. The third-order valence-electron chi connectivity index (χ3n) is 5.63. The molecule has 0 amide bonds. The molecular formula is C22H31F3IN5O. The Labute approximate surface area is 204 Å². The molecule has 1 aliphatic rings. The van der Waals surface area contributed by atoms with E-state index in [1.165, 1.54) is 6.07 Å². The molecular weight excluding hydrogens is 534 g/mol. The van der Waals surface area contributed by atoms with Crippen LogP contribution < -0.4 is 10.6 Å². The van der Waals surface area contributed by atoms with Crippen molar-refractivity contribution in [1.82, 2.24) is 20.5 Å². The number of rotatable bonds is 6. The van der Waals surface area contributed by atoms with Gasteiger partial charge in [0.15, 0.2) is 5.96 Å². The highest BCUT2D eigenvalue weighted by atomic mass is 127. The Morgan fingerprint density at radius 3 is 2.53 bits per heavy atom. The lowest BCUT2D eigenvalue weighted by Crippen LogP contribution is -2.42. The Morgan fingerprint density at radius 1 is 1.22 bits per heavy atom. The number of aromatic nitrogens is 1. The third kappa shape index (κ3) is 7.65. The molecule has 10 heteroatoms. The van der Waals surface area contributed by atoms with E-state index >= 15 is 0 Å². The smallest absolute Gasteiger partial charge is 0.416 e. The van der Waals surface area contributed by atoms with Gasteiger partial charge in [0, 0.05) is 20.1 Å². The normalized spacial score (nSPS) is 16.0. The second-order valence-electron chi connectivity index (χ2n) is 7.97. The van der Waals surface area contributed by atoms with Crippen molar-refractivity contribution in [2.45, 2.75) is 46.0 Å². The summed E-state index contributed by atoms with van der Waals surface area (Å²) in [6.07, 6.45) is -2.23. The number of alkyl halides is 3. The first-order valence-electron chi connectivity index (χ1n) is 10.5. The van der Waals surface area contributed by atoms with Crippen LogP contribution in [0.2, 0.25) is 0 Å². The molecule has 2 heterocycles. The van der Waals surface area contributed by atoms with E-state index in [-0.39, 0.29) is 30.5 Å². The lowest BCUT2D eigenvalue weighted by Gasteiger charge is -2.31. The van der Waals surface area contributed by atoms with E-state index in [0.717, 1.165) is 68.5 Å². The summed E-state index contributed by atoms with van der Waals surface area (Å²) in [6, 6.07) is 5.33. The minimum absolute atomic E-state index is 0. The van der Waals surface area contributed by atoms with Crippen molar-refractivity contribution in [3.63, 3.8) is 0 Å². The molecule has 0 unspecified atom stereocenters. The van der Waals surface area contributed by atoms with Crippen LogP contribution in [-0.4, -0.2) is 42.5 Å². The molecule has 2 aromatic rings. The molecule has 0 bridgehead atoms. The number of aliphatic imine (C=N–C) groups is 1. The van der Waals surface area contributed by atoms with Crippen molar-refractivity contribution in [3.8, 4) is 0 Å². The van der Waals surface area contributed by atoms with Gasteiger partial charge in [-0.1, -0.05) is 12.1 Å². The van der Waals surface area contributed by atoms with E-state index in [1.54, 1.807) is 13.1 Å². The van der Waals surface area contributed by atoms with E-state index in [2.05, 4.69) is 25.5 Å². The second kappa shape index (κ2) is 11.9. The Hall–Kier alpha value is -1.82. The Kier molecular flexibility index (Phi) is 9.81. The van der Waals surface area contributed by atoms with Crippen molar-refractivity contribution in [2.24, 2.45) is 10.9 Å². The first-order valence-corrected chi connectivity index (χ1v) is 10.5. The van der Waals surface area contributed by atoms with E-state index in [9.17, 15) is 13.2 Å². The zero-order valence-electron chi connectivity index (χ0n) is 18.6. The maximum Gasteiger partial charge on any atom is 0.416 e. The Balaban J connectivity index is 0.00000363. The van der Waals surface area contributed by atoms with Crippen molar-refractivity contribution in [1.29, 1.82) is 0 Å². The molecule has 3 rings (SSSR count). The SMILES string of the molecule is CN=C(NCc1cccc(C(F)(F)F)c1)NCC1CCN(Cc2nc(C)c(C)o2)CC1.I. The highest BCUT2D eigenvalue weighted by Gasteiger charge is 2.30. The summed E-state index contributed by atoms with van der Waals surface area (Å²) in [6.45, 7) is 7.61. The van der Waals surface area contributed by atoms with E-state index in [1.807, 2.05) is 13.8 Å². The van der Waals surface area contributed by atoms with Crippen LogP contribution in [0.1, 0.15) is 41.3 Å². The zero-order valence-corrected chi connectivity index (χ0v) is 21.0. The number of nitrogens with zero attached hydrogens (tertiary/aromatic N) is 3. The number of oxazole rings is 1. The van der Waals surface area contributed by atoms with Crippen molar-refractivity contribution in [3.05, 3.63) is 52.7 Å². The number of benzene rings is 1. The minimum atomic E-state index is -4.34. The summed E-state index contributed by atoms with van der Waals surface area (Å²) >= 11 is 0. The number of aryl methyl sites for hydroxylation is 2. The summed E-state index contributed by atoms with van der Waals surface area (Å²) in [5, 5.41) is 6.39. The van der Waals surface area contributed by atoms with Gasteiger partial charge in [-0.2, -0.15) is 13.2 Å². The average molecular weight is 565 g/mol. The molecule has 178 valence electrons. The fourth-order valence-electron chi connectivity index (χ4n) is 3.65. The van der Waals surface area contributed by atoms with E-state index in [4.69, 9.17) is 4.42 Å². The van der Waals surface area contributed by atoms with E-state index < -0.39 is 11.7 Å². The van der Waals surface area contributed by atoms with Gasteiger partial charge >= 0.3 is 6.18 Å². The molecule has 32 heavy (non-hydrogen) atoms. The van der Waals surface area contributed by atoms with Crippen LogP contribution >= 0.6 is 24.0 Å². The monoisotopic (exact) mass is 565 g/mol. The van der Waals surface area contributed by atoms with Gasteiger partial charge < -0.3 is 15.1 Å². The van der Waals surface area contributed by atoms with Gasteiger partial charge in [-0.3, -0.25) is 9.89 Å². The van der Waals surface area contributed by atoms with Gasteiger partial charge in [0.1, 0.15) is 5.76 Å². The van der Waals surface area contributed by atoms with Crippen molar-refractivity contribution >= 4 is 29.9 Å². The molecule has 1 aromatic carbocycles. The Morgan fingerprint density at radius 2 is 1.94 bits per heavy atom. The number of guanidine groups is 1. The molecule has 2 N–H and O–H groups in total. The summed E-state index contributed by atoms with van der Waals surface area (Å²) in [5.74, 6) is 2.74. The lowest BCUT2D eigenvalue weighted by molar-refractivity contribution is -0.137. The first-order chi connectivity index (χ1) is 14.7. The average Bonchev–Trinajstić information content (AvgIpc) is 3.05. The van der Waals surface area contributed by atoms with Gasteiger partial charge in [-0.05, 0) is 63.4 Å². The Bertz CT molecular complexity index is 872. The molecule has 0 atom stereocenters. The molecule has 1 saturated heterocycles. The standard InChI is InChI=1S/C22H30F3N5O.HI/c1-15-16(2)31-20(29-15)14-30-9-7-17(8-10-30)12-27-21(26-3)28-13-18-5-4-6-19(11-18)22(23,24)25;/h4-6,11,17H,7-10,12-14H2,1-3H3,(H2,26,27,28);1H. The highest BCUT2D eigenvalue weighted by molar-refractivity contribution is 14.0. The van der Waals surface area contributed by atoms with Crippen LogP contribution in [-0.2, 0) is 19.3 Å². The van der Waals surface area contributed by atoms with Crippen LogP contribution in [0.15, 0.2) is 33.7 Å². The molecule has 0 spiro atoms. The molecule has 0 radical (unpaired) electrons. The molecule has 0 aliphatic carbocycles. The third-order valence-corrected chi connectivity index (χ3v) is 5.63. The van der Waals surface area contributed by atoms with Crippen LogP contribution in [0.4, 0.5) is 13.2 Å². The van der Waals surface area contributed by atoms with Crippen molar-refractivity contribution in [2.75, 3.05) is 26.7 Å². The van der Waals surface area contributed by atoms with Crippen LogP contribution in [0.25, 0.3) is 0 Å². The second-order valence-corrected chi connectivity index (χ2v) is 7.97. The molecule has 0 saturated carbocycles. The predicted molar refractivity (Wildman–Crippen MR) is 129 cm³/mol. The molecule has 1 aromatic heterocycles. The molecule has 1 fully saturated rings. The van der Waals surface area contributed by atoms with Gasteiger partial charge in [0.05, 0.1) is 17.8 Å². The summed E-state index contributed by atoms with van der Waals surface area (Å²) < 4.78 is 44.3. The van der Waals surface area contributed by atoms with Crippen molar-refractivity contribution < 1.29 is 17.6 Å². The summed E-state index contributed by atoms with van der Waals surface area (Å²) in [4.78, 5) is 11.0. The van der Waals surface area contributed by atoms with Crippen LogP contribution in [0.5, 0.6) is 0 Å². The van der Waals surface area contributed by atoms with Crippen LogP contribution in [0, 0.1) is 19.8 Å². The summed E-state index contributed by atoms with van der Waals surface area (Å²) in [5.41, 5.74) is 0.859. The quantitative estimate of drug-likeness (QED) is 0.307. The maximum atomic E-state index is 12.9. The zero-order chi connectivity index (χ0) is 22.4. The number of piperidine rings is 1. The fraction of sp³-hybridized carbons (Fsp3) is 0.545.